The number of carboxylic acid groups (broad SMARTS) is 1. The number of hydrogen-bond donors (Lipinski definition) is 1. The van der Waals surface area contributed by atoms with E-state index in [0.29, 0.717) is 22.1 Å². The van der Waals surface area contributed by atoms with Gasteiger partial charge in [-0.2, -0.15) is 0 Å². The molecular weight excluding hydrogens is 346 g/mol. The van der Waals surface area contributed by atoms with Gasteiger partial charge in [0.15, 0.2) is 11.5 Å². The fraction of sp³-hybridized carbons (Fsp3) is 0.111. The summed E-state index contributed by atoms with van der Waals surface area (Å²) in [6, 6.07) is 10.9. The van der Waals surface area contributed by atoms with E-state index in [1.807, 2.05) is 0 Å². The minimum atomic E-state index is -1.52. The molecule has 0 unspecified atom stereocenters. The maximum absolute atomic E-state index is 12.2. The summed E-state index contributed by atoms with van der Waals surface area (Å²) in [4.78, 5) is 23.5. The van der Waals surface area contributed by atoms with Crippen LogP contribution in [0.4, 0.5) is 0 Å². The first-order valence-electron chi connectivity index (χ1n) is 7.16. The molecule has 2 aromatic rings. The van der Waals surface area contributed by atoms with Crippen molar-refractivity contribution in [3.63, 3.8) is 0 Å². The van der Waals surface area contributed by atoms with Crippen LogP contribution in [0.15, 0.2) is 48.2 Å². The standard InChI is InChI=1S/C18H16ClNO5/c1-24-15-8-3-11(10-16(15)25-2)9-14(18(22)23)20-17(21)12-4-6-13(19)7-5-12/h3-10H,1-2H3,(H,20,21)(H,22,23)/p-1/b14-9+. The van der Waals surface area contributed by atoms with Gasteiger partial charge in [0, 0.05) is 10.6 Å². The quantitative estimate of drug-likeness (QED) is 0.795. The van der Waals surface area contributed by atoms with Crippen LogP contribution in [-0.4, -0.2) is 26.1 Å². The van der Waals surface area contributed by atoms with E-state index in [4.69, 9.17) is 21.1 Å². The van der Waals surface area contributed by atoms with Gasteiger partial charge in [-0.05, 0) is 48.0 Å². The summed E-state index contributed by atoms with van der Waals surface area (Å²) >= 11 is 5.76. The lowest BCUT2D eigenvalue weighted by molar-refractivity contribution is -0.299. The molecule has 130 valence electrons. The topological polar surface area (TPSA) is 87.7 Å². The molecule has 0 saturated heterocycles. The van der Waals surface area contributed by atoms with Crippen molar-refractivity contribution in [1.82, 2.24) is 5.32 Å². The Morgan fingerprint density at radius 3 is 2.24 bits per heavy atom. The number of aliphatic carboxylic acids is 1. The molecular formula is C18H15ClNO5-. The SMILES string of the molecule is COc1ccc(/C=C(/NC(=O)c2ccc(Cl)cc2)C(=O)[O-])cc1OC. The van der Waals surface area contributed by atoms with Gasteiger partial charge in [-0.15, -0.1) is 0 Å². The number of hydrogen-bond acceptors (Lipinski definition) is 5. The fourth-order valence-electron chi connectivity index (χ4n) is 2.05. The number of carbonyl (C=O) groups is 2. The first-order chi connectivity index (χ1) is 11.9. The molecule has 2 aromatic carbocycles. The van der Waals surface area contributed by atoms with E-state index in [1.165, 1.54) is 44.6 Å². The van der Waals surface area contributed by atoms with Crippen LogP contribution in [-0.2, 0) is 4.79 Å². The van der Waals surface area contributed by atoms with Crippen LogP contribution in [0, 0.1) is 0 Å². The molecule has 0 saturated carbocycles. The number of carbonyl (C=O) groups excluding carboxylic acids is 2. The van der Waals surface area contributed by atoms with Crippen LogP contribution in [0.2, 0.25) is 5.02 Å². The zero-order valence-electron chi connectivity index (χ0n) is 13.5. The monoisotopic (exact) mass is 360 g/mol. The molecule has 0 bridgehead atoms. The molecule has 1 amide bonds. The van der Waals surface area contributed by atoms with Gasteiger partial charge in [-0.3, -0.25) is 4.79 Å². The van der Waals surface area contributed by atoms with Gasteiger partial charge in [-0.25, -0.2) is 0 Å². The summed E-state index contributed by atoms with van der Waals surface area (Å²) in [6.07, 6.45) is 1.27. The zero-order valence-corrected chi connectivity index (χ0v) is 14.3. The Hall–Kier alpha value is -2.99. The molecule has 0 fully saturated rings. The van der Waals surface area contributed by atoms with E-state index in [9.17, 15) is 14.7 Å². The van der Waals surface area contributed by atoms with Crippen LogP contribution in [0.25, 0.3) is 6.08 Å². The molecule has 0 radical (unpaired) electrons. The lowest BCUT2D eigenvalue weighted by Gasteiger charge is -2.12. The predicted octanol–water partition coefficient (Wildman–Crippen LogP) is 1.88. The summed E-state index contributed by atoms with van der Waals surface area (Å²) in [5.41, 5.74) is 0.379. The van der Waals surface area contributed by atoms with Crippen molar-refractivity contribution in [2.24, 2.45) is 0 Å². The van der Waals surface area contributed by atoms with Gasteiger partial charge in [0.2, 0.25) is 0 Å². The second kappa shape index (κ2) is 8.21. The summed E-state index contributed by atoms with van der Waals surface area (Å²) in [5, 5.41) is 14.1. The normalized spacial score (nSPS) is 10.9. The Morgan fingerprint density at radius 1 is 1.04 bits per heavy atom. The van der Waals surface area contributed by atoms with E-state index in [1.54, 1.807) is 18.2 Å². The summed E-state index contributed by atoms with van der Waals surface area (Å²) in [7, 11) is 2.96. The Balaban J connectivity index is 2.28. The van der Waals surface area contributed by atoms with E-state index in [0.717, 1.165) is 0 Å². The van der Waals surface area contributed by atoms with E-state index in [2.05, 4.69) is 5.32 Å². The van der Waals surface area contributed by atoms with Crippen molar-refractivity contribution in [3.05, 3.63) is 64.3 Å². The minimum absolute atomic E-state index is 0.267. The van der Waals surface area contributed by atoms with Crippen molar-refractivity contribution in [2.75, 3.05) is 14.2 Å². The van der Waals surface area contributed by atoms with E-state index >= 15 is 0 Å². The highest BCUT2D eigenvalue weighted by Crippen LogP contribution is 2.28. The highest BCUT2D eigenvalue weighted by molar-refractivity contribution is 6.30. The number of nitrogens with one attached hydrogen (secondary N) is 1. The van der Waals surface area contributed by atoms with E-state index in [-0.39, 0.29) is 11.3 Å². The Kier molecular flexibility index (Phi) is 6.03. The first-order valence-corrected chi connectivity index (χ1v) is 7.54. The summed E-state index contributed by atoms with van der Waals surface area (Å²) in [5.74, 6) is -1.18. The molecule has 25 heavy (non-hydrogen) atoms. The third-order valence-electron chi connectivity index (χ3n) is 3.29. The van der Waals surface area contributed by atoms with E-state index < -0.39 is 11.9 Å². The van der Waals surface area contributed by atoms with Crippen molar-refractivity contribution in [1.29, 1.82) is 0 Å². The Bertz CT molecular complexity index is 815. The first kappa shape index (κ1) is 18.4. The lowest BCUT2D eigenvalue weighted by Crippen LogP contribution is -2.35. The molecule has 0 aliphatic carbocycles. The maximum Gasteiger partial charge on any atom is 0.255 e. The second-order valence-corrected chi connectivity index (χ2v) is 5.36. The van der Waals surface area contributed by atoms with Crippen LogP contribution in [0.1, 0.15) is 15.9 Å². The lowest BCUT2D eigenvalue weighted by atomic mass is 10.1. The summed E-state index contributed by atoms with van der Waals surface area (Å²) in [6.45, 7) is 0. The average Bonchev–Trinajstić information content (AvgIpc) is 2.61. The molecule has 6 nitrogen and oxygen atoms in total. The van der Waals surface area contributed by atoms with Crippen molar-refractivity contribution in [3.8, 4) is 11.5 Å². The molecule has 7 heteroatoms. The molecule has 0 aliphatic heterocycles. The number of ether oxygens (including phenoxy) is 2. The molecule has 0 aromatic heterocycles. The third-order valence-corrected chi connectivity index (χ3v) is 3.55. The molecule has 2 rings (SSSR count). The number of halogens is 1. The predicted molar refractivity (Wildman–Crippen MR) is 91.4 cm³/mol. The van der Waals surface area contributed by atoms with Crippen molar-refractivity contribution in [2.45, 2.75) is 0 Å². The molecule has 0 spiro atoms. The number of carboxylic acids is 1. The maximum atomic E-state index is 12.2. The Labute approximate surface area is 149 Å². The van der Waals surface area contributed by atoms with Gasteiger partial charge in [0.25, 0.3) is 5.91 Å². The molecule has 1 N–H and O–H groups in total. The fourth-order valence-corrected chi connectivity index (χ4v) is 2.18. The smallest absolute Gasteiger partial charge is 0.255 e. The number of methoxy groups -OCH3 is 2. The largest absolute Gasteiger partial charge is 0.543 e. The van der Waals surface area contributed by atoms with Gasteiger partial charge in [0.05, 0.1) is 25.9 Å². The highest BCUT2D eigenvalue weighted by atomic mass is 35.5. The van der Waals surface area contributed by atoms with Gasteiger partial charge < -0.3 is 24.7 Å². The van der Waals surface area contributed by atoms with Gasteiger partial charge >= 0.3 is 0 Å². The van der Waals surface area contributed by atoms with Gasteiger partial charge in [-0.1, -0.05) is 17.7 Å². The molecule has 0 aliphatic rings. The molecule has 0 atom stereocenters. The molecule has 0 heterocycles. The van der Waals surface area contributed by atoms with Crippen LogP contribution in [0.5, 0.6) is 11.5 Å². The van der Waals surface area contributed by atoms with Crippen LogP contribution >= 0.6 is 11.6 Å². The van der Waals surface area contributed by atoms with Gasteiger partial charge in [0.1, 0.15) is 0 Å². The zero-order chi connectivity index (χ0) is 18.4. The highest BCUT2D eigenvalue weighted by Gasteiger charge is 2.10. The van der Waals surface area contributed by atoms with Crippen LogP contribution in [0.3, 0.4) is 0 Å². The average molecular weight is 361 g/mol. The minimum Gasteiger partial charge on any atom is -0.543 e. The van der Waals surface area contributed by atoms with Crippen LogP contribution < -0.4 is 19.9 Å². The number of benzene rings is 2. The van der Waals surface area contributed by atoms with Crippen molar-refractivity contribution < 1.29 is 24.2 Å². The second-order valence-electron chi connectivity index (χ2n) is 4.92. The van der Waals surface area contributed by atoms with Crippen molar-refractivity contribution >= 4 is 29.6 Å². The number of amides is 1. The Morgan fingerprint density at radius 2 is 1.68 bits per heavy atom. The summed E-state index contributed by atoms with van der Waals surface area (Å²) < 4.78 is 10.3. The number of rotatable bonds is 6. The third kappa shape index (κ3) is 4.74.